The highest BCUT2D eigenvalue weighted by atomic mass is 79.9. The molecule has 0 amide bonds. The van der Waals surface area contributed by atoms with Gasteiger partial charge in [-0.1, -0.05) is 15.9 Å². The number of piperazine rings is 1. The quantitative estimate of drug-likeness (QED) is 0.792. The van der Waals surface area contributed by atoms with E-state index in [1.54, 1.807) is 10.4 Å². The lowest BCUT2D eigenvalue weighted by molar-refractivity contribution is 0.244. The summed E-state index contributed by atoms with van der Waals surface area (Å²) < 4.78 is 28.7. The van der Waals surface area contributed by atoms with Crippen LogP contribution in [0.3, 0.4) is 0 Å². The van der Waals surface area contributed by atoms with Gasteiger partial charge in [-0.2, -0.15) is 4.31 Å². The van der Waals surface area contributed by atoms with Crippen molar-refractivity contribution in [2.24, 2.45) is 0 Å². The largest absolute Gasteiger partial charge is 0.311 e. The third-order valence-corrected chi connectivity index (χ3v) is 7.30. The molecule has 20 heavy (non-hydrogen) atoms. The average molecular weight is 426 g/mol. The molecule has 1 aliphatic heterocycles. The topological polar surface area (TPSA) is 49.4 Å². The van der Waals surface area contributed by atoms with E-state index < -0.39 is 10.0 Å². The van der Waals surface area contributed by atoms with E-state index in [4.69, 9.17) is 0 Å². The maximum Gasteiger partial charge on any atom is 0.244 e. The third kappa shape index (κ3) is 3.11. The van der Waals surface area contributed by atoms with E-state index in [1.807, 2.05) is 26.8 Å². The van der Waals surface area contributed by atoms with Crippen molar-refractivity contribution in [1.82, 2.24) is 9.62 Å². The lowest BCUT2D eigenvalue weighted by Crippen LogP contribution is -2.56. The Balaban J connectivity index is 2.47. The number of rotatable bonds is 2. The average Bonchev–Trinajstić information content (AvgIpc) is 2.36. The van der Waals surface area contributed by atoms with Crippen LogP contribution in [0.25, 0.3) is 0 Å². The van der Waals surface area contributed by atoms with Crippen LogP contribution in [0.2, 0.25) is 0 Å². The normalized spacial score (nSPS) is 24.9. The van der Waals surface area contributed by atoms with Gasteiger partial charge < -0.3 is 5.32 Å². The maximum atomic E-state index is 12.9. The zero-order valence-corrected chi connectivity index (χ0v) is 15.6. The van der Waals surface area contributed by atoms with Crippen LogP contribution in [0.4, 0.5) is 0 Å². The molecule has 1 fully saturated rings. The van der Waals surface area contributed by atoms with Gasteiger partial charge in [-0.05, 0) is 54.4 Å². The molecule has 1 saturated heterocycles. The van der Waals surface area contributed by atoms with E-state index in [-0.39, 0.29) is 12.1 Å². The van der Waals surface area contributed by atoms with Crippen LogP contribution in [0.1, 0.15) is 19.4 Å². The minimum absolute atomic E-state index is 0.0526. The molecule has 7 heteroatoms. The zero-order chi connectivity index (χ0) is 15.1. The van der Waals surface area contributed by atoms with E-state index in [0.717, 1.165) is 10.0 Å². The van der Waals surface area contributed by atoms with Gasteiger partial charge in [0.05, 0.1) is 4.90 Å². The molecule has 1 heterocycles. The predicted octanol–water partition coefficient (Wildman–Crippen LogP) is 2.89. The van der Waals surface area contributed by atoms with E-state index >= 15 is 0 Å². The van der Waals surface area contributed by atoms with Crippen LogP contribution >= 0.6 is 31.9 Å². The number of halogens is 2. The fraction of sp³-hybridized carbons (Fsp3) is 0.538. The van der Waals surface area contributed by atoms with Gasteiger partial charge in [-0.3, -0.25) is 0 Å². The van der Waals surface area contributed by atoms with Crippen molar-refractivity contribution in [3.63, 3.8) is 0 Å². The summed E-state index contributed by atoms with van der Waals surface area (Å²) in [5.74, 6) is 0. The van der Waals surface area contributed by atoms with Crippen LogP contribution in [0.15, 0.2) is 26.0 Å². The van der Waals surface area contributed by atoms with Crippen LogP contribution in [-0.4, -0.2) is 37.9 Å². The highest BCUT2D eigenvalue weighted by Crippen LogP contribution is 2.32. The van der Waals surface area contributed by atoms with Crippen molar-refractivity contribution in [3.05, 3.63) is 26.6 Å². The number of sulfonamides is 1. The zero-order valence-electron chi connectivity index (χ0n) is 11.7. The molecular formula is C13H18Br2N2O2S. The number of nitrogens with zero attached hydrogens (tertiary/aromatic N) is 1. The smallest absolute Gasteiger partial charge is 0.244 e. The third-order valence-electron chi connectivity index (χ3n) is 3.51. The molecular weight excluding hydrogens is 408 g/mol. The van der Waals surface area contributed by atoms with Crippen molar-refractivity contribution in [3.8, 4) is 0 Å². The van der Waals surface area contributed by atoms with Gasteiger partial charge in [0.2, 0.25) is 10.0 Å². The van der Waals surface area contributed by atoms with E-state index in [1.165, 1.54) is 0 Å². The summed E-state index contributed by atoms with van der Waals surface area (Å²) in [5.41, 5.74) is 0.998. The second-order valence-electron chi connectivity index (χ2n) is 5.26. The van der Waals surface area contributed by atoms with Crippen molar-refractivity contribution >= 4 is 41.9 Å². The lowest BCUT2D eigenvalue weighted by Gasteiger charge is -2.36. The van der Waals surface area contributed by atoms with Crippen LogP contribution in [-0.2, 0) is 10.0 Å². The highest BCUT2D eigenvalue weighted by molar-refractivity contribution is 9.11. The SMILES string of the molecule is Cc1cc(Br)c(S(=O)(=O)N2CC(C)NCC2C)cc1Br. The fourth-order valence-electron chi connectivity index (χ4n) is 2.28. The monoisotopic (exact) mass is 424 g/mol. The molecule has 4 nitrogen and oxygen atoms in total. The highest BCUT2D eigenvalue weighted by Gasteiger charge is 2.34. The number of hydrogen-bond acceptors (Lipinski definition) is 3. The van der Waals surface area contributed by atoms with E-state index in [9.17, 15) is 8.42 Å². The Hall–Kier alpha value is 0.0500. The summed E-state index contributed by atoms with van der Waals surface area (Å²) in [4.78, 5) is 0.316. The van der Waals surface area contributed by atoms with Crippen molar-refractivity contribution < 1.29 is 8.42 Å². The molecule has 1 aromatic carbocycles. The van der Waals surface area contributed by atoms with Gasteiger partial charge in [-0.25, -0.2) is 8.42 Å². The van der Waals surface area contributed by atoms with Gasteiger partial charge in [0.1, 0.15) is 0 Å². The van der Waals surface area contributed by atoms with Crippen LogP contribution in [0, 0.1) is 6.92 Å². The standard InChI is InChI=1S/C13H18Br2N2O2S/c1-8-4-12(15)13(5-11(8)14)20(18,19)17-7-9(2)16-6-10(17)3/h4-5,9-10,16H,6-7H2,1-3H3. The van der Waals surface area contributed by atoms with Crippen molar-refractivity contribution in [2.75, 3.05) is 13.1 Å². The summed E-state index contributed by atoms with van der Waals surface area (Å²) in [5, 5.41) is 3.29. The Labute approximate surface area is 137 Å². The van der Waals surface area contributed by atoms with Gasteiger partial charge in [-0.15, -0.1) is 0 Å². The predicted molar refractivity (Wildman–Crippen MR) is 87.4 cm³/mol. The Kier molecular flexibility index (Phi) is 4.96. The Morgan fingerprint density at radius 2 is 1.90 bits per heavy atom. The minimum Gasteiger partial charge on any atom is -0.311 e. The van der Waals surface area contributed by atoms with E-state index in [2.05, 4.69) is 37.2 Å². The number of aryl methyl sites for hydroxylation is 1. The van der Waals surface area contributed by atoms with Crippen molar-refractivity contribution in [2.45, 2.75) is 37.8 Å². The molecule has 112 valence electrons. The molecule has 0 spiro atoms. The molecule has 2 rings (SSSR count). The molecule has 1 aliphatic rings. The van der Waals surface area contributed by atoms with Crippen LogP contribution in [0.5, 0.6) is 0 Å². The van der Waals surface area contributed by atoms with Gasteiger partial charge in [0.25, 0.3) is 0 Å². The first kappa shape index (κ1) is 16.4. The van der Waals surface area contributed by atoms with Gasteiger partial charge in [0, 0.05) is 34.1 Å². The molecule has 2 unspecified atom stereocenters. The summed E-state index contributed by atoms with van der Waals surface area (Å²) in [7, 11) is -3.50. The Morgan fingerprint density at radius 1 is 1.25 bits per heavy atom. The lowest BCUT2D eigenvalue weighted by atomic mass is 10.2. The van der Waals surface area contributed by atoms with Crippen LogP contribution < -0.4 is 5.32 Å². The molecule has 0 bridgehead atoms. The summed E-state index contributed by atoms with van der Waals surface area (Å²) in [6.45, 7) is 7.01. The first-order valence-electron chi connectivity index (χ1n) is 6.44. The molecule has 1 N–H and O–H groups in total. The molecule has 0 aromatic heterocycles. The number of nitrogens with one attached hydrogen (secondary N) is 1. The molecule has 2 atom stereocenters. The fourth-order valence-corrected chi connectivity index (χ4v) is 5.63. The summed E-state index contributed by atoms with van der Waals surface area (Å²) in [6, 6.07) is 3.61. The minimum atomic E-state index is -3.50. The number of benzene rings is 1. The second kappa shape index (κ2) is 6.04. The molecule has 0 aliphatic carbocycles. The Morgan fingerprint density at radius 3 is 2.55 bits per heavy atom. The van der Waals surface area contributed by atoms with Gasteiger partial charge in [0.15, 0.2) is 0 Å². The molecule has 0 radical (unpaired) electrons. The number of hydrogen-bond donors (Lipinski definition) is 1. The maximum absolute atomic E-state index is 12.9. The summed E-state index contributed by atoms with van der Waals surface area (Å²) >= 11 is 6.78. The molecule has 0 saturated carbocycles. The summed E-state index contributed by atoms with van der Waals surface area (Å²) in [6.07, 6.45) is 0. The Bertz CT molecular complexity index is 619. The molecule has 1 aromatic rings. The second-order valence-corrected chi connectivity index (χ2v) is 8.83. The van der Waals surface area contributed by atoms with Crippen molar-refractivity contribution in [1.29, 1.82) is 0 Å². The first-order valence-corrected chi connectivity index (χ1v) is 9.47. The van der Waals surface area contributed by atoms with Gasteiger partial charge >= 0.3 is 0 Å². The first-order chi connectivity index (χ1) is 9.23. The van der Waals surface area contributed by atoms with E-state index in [0.29, 0.717) is 22.5 Å².